The van der Waals surface area contributed by atoms with E-state index in [2.05, 4.69) is 33.7 Å². The molecule has 17 nitrogen and oxygen atoms in total. The van der Waals surface area contributed by atoms with Crippen molar-refractivity contribution in [2.24, 2.45) is 5.11 Å². The van der Waals surface area contributed by atoms with Crippen LogP contribution in [-0.4, -0.2) is 85.1 Å². The lowest BCUT2D eigenvalue weighted by atomic mass is 9.84. The molecule has 0 aromatic rings. The summed E-state index contributed by atoms with van der Waals surface area (Å²) in [4.78, 5) is 48.1. The molecule has 1 unspecified atom stereocenters. The molecule has 174 valence electrons. The van der Waals surface area contributed by atoms with E-state index in [0.29, 0.717) is 20.8 Å². The van der Waals surface area contributed by atoms with Crippen molar-refractivity contribution in [3.63, 3.8) is 0 Å². The van der Waals surface area contributed by atoms with Gasteiger partial charge >= 0.3 is 47.1 Å². The summed E-state index contributed by atoms with van der Waals surface area (Å²) in [7, 11) is 0. The first-order valence-electron chi connectivity index (χ1n) is 8.07. The zero-order chi connectivity index (χ0) is 24.4. The average molecular weight is 453 g/mol. The summed E-state index contributed by atoms with van der Waals surface area (Å²) in [5.41, 5.74) is 8.73. The zero-order valence-electron chi connectivity index (χ0n) is 16.4. The second kappa shape index (κ2) is 8.60. The third-order valence-corrected chi connectivity index (χ3v) is 3.67. The molecule has 0 radical (unpaired) electrons. The zero-order valence-corrected chi connectivity index (χ0v) is 16.4. The summed E-state index contributed by atoms with van der Waals surface area (Å²) >= 11 is 0. The Bertz CT molecular complexity index is 829. The topological polar surface area (TPSA) is 264 Å². The Hall–Kier alpha value is -3.05. The summed E-state index contributed by atoms with van der Waals surface area (Å²) in [6, 6.07) is 0. The maximum Gasteiger partial charge on any atom is 0.352 e. The second-order valence-electron chi connectivity index (χ2n) is 6.10. The van der Waals surface area contributed by atoms with E-state index in [0.717, 1.165) is 6.92 Å². The first-order chi connectivity index (χ1) is 14.0. The summed E-state index contributed by atoms with van der Waals surface area (Å²) in [5, 5.41) is 56.1. The highest BCUT2D eigenvalue weighted by atomic mass is 16.8. The molecule has 6 atom stereocenters. The molecule has 1 aliphatic heterocycles. The minimum atomic E-state index is -4.27. The van der Waals surface area contributed by atoms with Crippen LogP contribution in [0.1, 0.15) is 27.7 Å². The summed E-state index contributed by atoms with van der Waals surface area (Å²) in [6.45, 7) is 2.55. The summed E-state index contributed by atoms with van der Waals surface area (Å²) in [6.07, 6.45) is -5.60. The summed E-state index contributed by atoms with van der Waals surface area (Å²) < 4.78 is 22.3. The molecule has 5 N–H and O–H groups in total. The van der Waals surface area contributed by atoms with Crippen LogP contribution in [0.2, 0.25) is 0 Å². The van der Waals surface area contributed by atoms with Gasteiger partial charge in [-0.15, -0.1) is 0 Å². The van der Waals surface area contributed by atoms with Gasteiger partial charge in [0.15, 0.2) is 6.10 Å². The largest absolute Gasteiger partial charge is 0.433 e. The smallest absolute Gasteiger partial charge is 0.352 e. The van der Waals surface area contributed by atoms with Gasteiger partial charge in [-0.25, -0.2) is 0 Å². The van der Waals surface area contributed by atoms with Gasteiger partial charge < -0.3 is 49.2 Å². The fourth-order valence-electron chi connectivity index (χ4n) is 2.67. The molecule has 1 aliphatic rings. The minimum Gasteiger partial charge on any atom is -0.433 e. The molecule has 0 aliphatic carbocycles. The van der Waals surface area contributed by atoms with Crippen LogP contribution in [0.15, 0.2) is 5.11 Å². The van der Waals surface area contributed by atoms with Crippen molar-refractivity contribution in [2.45, 2.75) is 63.4 Å². The van der Waals surface area contributed by atoms with Crippen LogP contribution in [0.4, 0.5) is 0 Å². The van der Waals surface area contributed by atoms with Crippen molar-refractivity contribution in [3.8, 4) is 0 Å². The van der Waals surface area contributed by atoms with Gasteiger partial charge in [-0.1, -0.05) is 0 Å². The van der Waals surface area contributed by atoms with Gasteiger partial charge in [0.25, 0.3) is 0 Å². The Morgan fingerprint density at radius 2 is 1.35 bits per heavy atom. The van der Waals surface area contributed by atoms with Gasteiger partial charge in [0.1, 0.15) is 0 Å². The Labute approximate surface area is 172 Å². The number of rotatable bonds is 6. The highest BCUT2D eigenvalue weighted by Gasteiger charge is 2.86. The molecule has 17 heteroatoms. The first kappa shape index (κ1) is 26.0. The lowest BCUT2D eigenvalue weighted by molar-refractivity contribution is -0.563. The van der Waals surface area contributed by atoms with Crippen molar-refractivity contribution >= 4 is 23.9 Å². The van der Waals surface area contributed by atoms with E-state index in [1.165, 1.54) is 0 Å². The van der Waals surface area contributed by atoms with E-state index in [1.807, 2.05) is 0 Å². The number of carbonyl (C=O) groups excluding carboxylic acids is 4. The van der Waals surface area contributed by atoms with Gasteiger partial charge in [0.05, 0.1) is 0 Å². The van der Waals surface area contributed by atoms with Crippen LogP contribution in [-0.2, 0) is 42.9 Å². The SMILES string of the molecule is CC(=O)OC(O)[C@H]1O[C@@](O)(N=[N+]=[N-])[C@@](O)(OC(C)=O)[C@](O)(OC(C)=O)[C@]1(O)OC(C)=O. The third-order valence-electron chi connectivity index (χ3n) is 3.67. The molecule has 0 saturated carbocycles. The monoisotopic (exact) mass is 453 g/mol. The molecule has 1 heterocycles. The van der Waals surface area contributed by atoms with E-state index in [4.69, 9.17) is 5.53 Å². The van der Waals surface area contributed by atoms with Crippen LogP contribution in [0.3, 0.4) is 0 Å². The number of aliphatic hydroxyl groups excluding tert-OH is 1. The number of nitrogens with zero attached hydrogens (tertiary/aromatic N) is 3. The van der Waals surface area contributed by atoms with Crippen molar-refractivity contribution in [1.82, 2.24) is 0 Å². The second-order valence-corrected chi connectivity index (χ2v) is 6.10. The molecule has 31 heavy (non-hydrogen) atoms. The first-order valence-corrected chi connectivity index (χ1v) is 8.07. The van der Waals surface area contributed by atoms with E-state index in [-0.39, 0.29) is 0 Å². The summed E-state index contributed by atoms with van der Waals surface area (Å²) in [5.74, 6) is -22.3. The lowest BCUT2D eigenvalue weighted by Crippen LogP contribution is -2.87. The number of hydrogen-bond donors (Lipinski definition) is 5. The van der Waals surface area contributed by atoms with E-state index in [1.54, 1.807) is 0 Å². The Balaban J connectivity index is 4.02. The molecular formula is C14H19N3O14. The molecule has 0 amide bonds. The van der Waals surface area contributed by atoms with Gasteiger partial charge in [-0.2, -0.15) is 0 Å². The maximum absolute atomic E-state index is 11.6. The number of aliphatic hydroxyl groups is 5. The predicted octanol–water partition coefficient (Wildman–Crippen LogP) is -3.02. The van der Waals surface area contributed by atoms with Crippen LogP contribution in [0.25, 0.3) is 10.4 Å². The standard InChI is InChI=1S/C14H19N3O14/c1-5(18)27-10(22)9-11(23,28-6(2)19)12(24,29-7(3)20)13(25,30-8(4)21)14(26,31-9)16-17-15/h9-10,22-26H,1-4H3/t9-,10?,11-,12-,13+,14-/m1/s1. The molecule has 0 aromatic heterocycles. The molecule has 0 spiro atoms. The van der Waals surface area contributed by atoms with Gasteiger partial charge in [0, 0.05) is 32.6 Å². The van der Waals surface area contributed by atoms with E-state index in [9.17, 15) is 44.7 Å². The highest BCUT2D eigenvalue weighted by Crippen LogP contribution is 2.52. The average Bonchev–Trinajstić information content (AvgIpc) is 2.55. The van der Waals surface area contributed by atoms with Crippen LogP contribution < -0.4 is 0 Å². The molecule has 1 rings (SSSR count). The molecule has 1 fully saturated rings. The predicted molar refractivity (Wildman–Crippen MR) is 86.9 cm³/mol. The minimum absolute atomic E-state index is 0.583. The number of ether oxygens (including phenoxy) is 5. The quantitative estimate of drug-likeness (QED) is 0.0669. The molecule has 0 bridgehead atoms. The highest BCUT2D eigenvalue weighted by molar-refractivity contribution is 5.69. The van der Waals surface area contributed by atoms with Gasteiger partial charge in [-0.05, 0) is 10.6 Å². The number of esters is 4. The number of hydrogen-bond acceptors (Lipinski definition) is 15. The van der Waals surface area contributed by atoms with E-state index >= 15 is 0 Å². The molecule has 1 saturated heterocycles. The lowest BCUT2D eigenvalue weighted by Gasteiger charge is -2.57. The van der Waals surface area contributed by atoms with Crippen LogP contribution >= 0.6 is 0 Å². The molecule has 0 aromatic carbocycles. The van der Waals surface area contributed by atoms with E-state index < -0.39 is 59.5 Å². The van der Waals surface area contributed by atoms with Gasteiger partial charge in [-0.3, -0.25) is 19.2 Å². The Kier molecular flexibility index (Phi) is 7.21. The van der Waals surface area contributed by atoms with Crippen molar-refractivity contribution in [2.75, 3.05) is 0 Å². The fraction of sp³-hybridized carbons (Fsp3) is 0.714. The number of carbonyl (C=O) groups is 4. The van der Waals surface area contributed by atoms with Crippen LogP contribution in [0.5, 0.6) is 0 Å². The number of azide groups is 1. The third kappa shape index (κ3) is 4.37. The molecular weight excluding hydrogens is 434 g/mol. The van der Waals surface area contributed by atoms with Crippen LogP contribution in [0, 0.1) is 0 Å². The van der Waals surface area contributed by atoms with Crippen molar-refractivity contribution in [1.29, 1.82) is 0 Å². The van der Waals surface area contributed by atoms with Crippen molar-refractivity contribution < 1.29 is 68.4 Å². The van der Waals surface area contributed by atoms with Crippen molar-refractivity contribution in [3.05, 3.63) is 10.4 Å². The fourth-order valence-corrected chi connectivity index (χ4v) is 2.67. The normalized spacial score (nSPS) is 35.7. The Morgan fingerprint density at radius 1 is 0.903 bits per heavy atom. The van der Waals surface area contributed by atoms with Gasteiger partial charge in [0.2, 0.25) is 6.29 Å². The Morgan fingerprint density at radius 3 is 1.74 bits per heavy atom. The maximum atomic E-state index is 11.6.